The molecule has 0 aliphatic rings. The smallest absolute Gasteiger partial charge is 0.350 e. The van der Waals surface area contributed by atoms with Crippen molar-refractivity contribution in [3.05, 3.63) is 34.9 Å². The van der Waals surface area contributed by atoms with Crippen LogP contribution in [0.2, 0.25) is 0 Å². The van der Waals surface area contributed by atoms with Gasteiger partial charge in [-0.3, -0.25) is 4.40 Å². The molecule has 0 unspecified atom stereocenters. The molecule has 16 heavy (non-hydrogen) atoms. The fraction of sp³-hybridized carbons (Fsp3) is 0.400. The molecule has 0 fully saturated rings. The highest BCUT2D eigenvalue weighted by Gasteiger charge is 2.04. The third-order valence-corrected chi connectivity index (χ3v) is 2.35. The van der Waals surface area contributed by atoms with Gasteiger partial charge in [0.2, 0.25) is 0 Å². The lowest BCUT2D eigenvalue weighted by Crippen LogP contribution is -2.23. The van der Waals surface area contributed by atoms with E-state index in [0.29, 0.717) is 31.2 Å². The summed E-state index contributed by atoms with van der Waals surface area (Å²) in [6.45, 7) is 1.53. The molecule has 0 aromatic carbocycles. The van der Waals surface area contributed by atoms with Crippen LogP contribution in [0.3, 0.4) is 0 Å². The topological polar surface area (TPSA) is 48.5 Å². The molecule has 6 heteroatoms. The molecule has 0 amide bonds. The van der Waals surface area contributed by atoms with E-state index < -0.39 is 0 Å². The van der Waals surface area contributed by atoms with E-state index >= 15 is 0 Å². The summed E-state index contributed by atoms with van der Waals surface area (Å²) in [5, 5.41) is 4.18. The first kappa shape index (κ1) is 11.2. The minimum atomic E-state index is -0.134. The van der Waals surface area contributed by atoms with Crippen LogP contribution in [0.4, 0.5) is 0 Å². The maximum atomic E-state index is 11.8. The van der Waals surface area contributed by atoms with Crippen LogP contribution in [0.15, 0.2) is 29.2 Å². The summed E-state index contributed by atoms with van der Waals surface area (Å²) in [5.41, 5.74) is 0.520. The molecule has 5 nitrogen and oxygen atoms in total. The Balaban J connectivity index is 2.13. The molecule has 0 radical (unpaired) electrons. The van der Waals surface area contributed by atoms with Crippen LogP contribution in [-0.4, -0.2) is 33.1 Å². The molecule has 2 aromatic heterocycles. The highest BCUT2D eigenvalue weighted by molar-refractivity contribution is 7.80. The largest absolute Gasteiger partial charge is 0.379 e. The van der Waals surface area contributed by atoms with Crippen LogP contribution in [0.5, 0.6) is 0 Å². The summed E-state index contributed by atoms with van der Waals surface area (Å²) in [7, 11) is 0. The van der Waals surface area contributed by atoms with E-state index in [1.807, 2.05) is 6.07 Å². The summed E-state index contributed by atoms with van der Waals surface area (Å²) < 4.78 is 8.18. The highest BCUT2D eigenvalue weighted by atomic mass is 32.1. The summed E-state index contributed by atoms with van der Waals surface area (Å²) in [4.78, 5) is 11.8. The van der Waals surface area contributed by atoms with E-state index in [1.165, 1.54) is 9.08 Å². The standard InChI is InChI=1S/C10H13N3O2S/c14-10-12-4-2-1-3-9(12)11-13(10)5-6-15-7-8-16/h1-4,16H,5-8H2. The number of hydrogen-bond acceptors (Lipinski definition) is 4. The Morgan fingerprint density at radius 2 is 2.25 bits per heavy atom. The molecule has 2 aromatic rings. The number of thiol groups is 1. The van der Waals surface area contributed by atoms with E-state index in [2.05, 4.69) is 17.7 Å². The zero-order valence-electron chi connectivity index (χ0n) is 8.74. The second-order valence-electron chi connectivity index (χ2n) is 3.27. The number of aromatic nitrogens is 3. The third-order valence-electron chi connectivity index (χ3n) is 2.17. The van der Waals surface area contributed by atoms with Crippen molar-refractivity contribution in [1.82, 2.24) is 14.2 Å². The van der Waals surface area contributed by atoms with Gasteiger partial charge in [0.05, 0.1) is 19.8 Å². The monoisotopic (exact) mass is 239 g/mol. The molecule has 2 rings (SSSR count). The Kier molecular flexibility index (Phi) is 3.63. The number of rotatable bonds is 5. The van der Waals surface area contributed by atoms with Gasteiger partial charge in [-0.25, -0.2) is 9.48 Å². The molecule has 0 aliphatic carbocycles. The zero-order chi connectivity index (χ0) is 11.4. The van der Waals surface area contributed by atoms with Crippen molar-refractivity contribution in [3.63, 3.8) is 0 Å². The van der Waals surface area contributed by atoms with Crippen LogP contribution in [0.25, 0.3) is 5.65 Å². The first-order valence-corrected chi connectivity index (χ1v) is 5.69. The van der Waals surface area contributed by atoms with Gasteiger partial charge in [-0.15, -0.1) is 5.10 Å². The molecule has 0 atom stereocenters. The third kappa shape index (κ3) is 2.28. The summed E-state index contributed by atoms with van der Waals surface area (Å²) >= 11 is 4.03. The summed E-state index contributed by atoms with van der Waals surface area (Å²) in [6, 6.07) is 5.45. The lowest BCUT2D eigenvalue weighted by molar-refractivity contribution is 0.138. The molecule has 0 bridgehead atoms. The van der Waals surface area contributed by atoms with Crippen LogP contribution < -0.4 is 5.69 Å². The fourth-order valence-corrected chi connectivity index (χ4v) is 1.56. The number of pyridine rings is 1. The van der Waals surface area contributed by atoms with Gasteiger partial charge >= 0.3 is 5.69 Å². The van der Waals surface area contributed by atoms with Gasteiger partial charge in [-0.05, 0) is 12.1 Å². The Hall–Kier alpha value is -1.27. The summed E-state index contributed by atoms with van der Waals surface area (Å²) in [5.74, 6) is 0.681. The van der Waals surface area contributed by atoms with Gasteiger partial charge in [0.25, 0.3) is 0 Å². The van der Waals surface area contributed by atoms with Crippen LogP contribution in [-0.2, 0) is 11.3 Å². The molecule has 0 saturated carbocycles. The van der Waals surface area contributed by atoms with E-state index in [1.54, 1.807) is 18.3 Å². The number of fused-ring (bicyclic) bond motifs is 1. The number of hydrogen-bond donors (Lipinski definition) is 1. The van der Waals surface area contributed by atoms with E-state index in [0.717, 1.165) is 0 Å². The molecule has 2 heterocycles. The molecule has 0 saturated heterocycles. The van der Waals surface area contributed by atoms with Crippen molar-refractivity contribution in [2.45, 2.75) is 6.54 Å². The minimum Gasteiger partial charge on any atom is -0.379 e. The highest BCUT2D eigenvalue weighted by Crippen LogP contribution is 1.94. The van der Waals surface area contributed by atoms with Crippen molar-refractivity contribution in [3.8, 4) is 0 Å². The Labute approximate surface area is 98.1 Å². The first-order chi connectivity index (χ1) is 7.83. The fourth-order valence-electron chi connectivity index (χ4n) is 1.43. The van der Waals surface area contributed by atoms with Gasteiger partial charge in [0.1, 0.15) is 0 Å². The maximum absolute atomic E-state index is 11.8. The summed E-state index contributed by atoms with van der Waals surface area (Å²) in [6.07, 6.45) is 1.70. The predicted octanol–water partition coefficient (Wildman–Crippen LogP) is 0.442. The predicted molar refractivity (Wildman–Crippen MR) is 64.1 cm³/mol. The van der Waals surface area contributed by atoms with E-state index in [9.17, 15) is 4.79 Å². The Morgan fingerprint density at radius 3 is 3.00 bits per heavy atom. The van der Waals surface area contributed by atoms with Crippen LogP contribution in [0.1, 0.15) is 0 Å². The molecule has 0 aliphatic heterocycles. The van der Waals surface area contributed by atoms with Crippen LogP contribution >= 0.6 is 12.6 Å². The lowest BCUT2D eigenvalue weighted by Gasteiger charge is -2.00. The Morgan fingerprint density at radius 1 is 1.38 bits per heavy atom. The van der Waals surface area contributed by atoms with Crippen molar-refractivity contribution < 1.29 is 4.74 Å². The molecular formula is C10H13N3O2S. The van der Waals surface area contributed by atoms with Crippen molar-refractivity contribution in [2.24, 2.45) is 0 Å². The van der Waals surface area contributed by atoms with E-state index in [-0.39, 0.29) is 5.69 Å². The maximum Gasteiger partial charge on any atom is 0.350 e. The van der Waals surface area contributed by atoms with Gasteiger partial charge in [0, 0.05) is 11.9 Å². The molecule has 86 valence electrons. The van der Waals surface area contributed by atoms with Crippen LogP contribution in [0, 0.1) is 0 Å². The first-order valence-electron chi connectivity index (χ1n) is 5.06. The van der Waals surface area contributed by atoms with Gasteiger partial charge < -0.3 is 4.74 Å². The van der Waals surface area contributed by atoms with Crippen molar-refractivity contribution in [1.29, 1.82) is 0 Å². The van der Waals surface area contributed by atoms with Gasteiger partial charge in [-0.1, -0.05) is 6.07 Å². The quantitative estimate of drug-likeness (QED) is 0.608. The van der Waals surface area contributed by atoms with Crippen molar-refractivity contribution in [2.75, 3.05) is 19.0 Å². The van der Waals surface area contributed by atoms with E-state index in [4.69, 9.17) is 4.74 Å². The average Bonchev–Trinajstić information content (AvgIpc) is 2.63. The number of nitrogens with zero attached hydrogens (tertiary/aromatic N) is 3. The normalized spacial score (nSPS) is 11.1. The van der Waals surface area contributed by atoms with Gasteiger partial charge in [0.15, 0.2) is 5.65 Å². The molecular weight excluding hydrogens is 226 g/mol. The Bertz CT molecular complexity index is 520. The van der Waals surface area contributed by atoms with Crippen molar-refractivity contribution >= 4 is 18.3 Å². The molecule has 0 spiro atoms. The van der Waals surface area contributed by atoms with Gasteiger partial charge in [-0.2, -0.15) is 12.6 Å². The lowest BCUT2D eigenvalue weighted by atomic mass is 10.5. The SMILES string of the molecule is O=c1n(CCOCCS)nc2ccccn12. The number of ether oxygens (including phenoxy) is 1. The second kappa shape index (κ2) is 5.18. The molecule has 0 N–H and O–H groups in total. The average molecular weight is 239 g/mol. The second-order valence-corrected chi connectivity index (χ2v) is 3.72. The minimum absolute atomic E-state index is 0.134. The zero-order valence-corrected chi connectivity index (χ0v) is 9.64.